The largest absolute Gasteiger partial charge is 0.313 e. The summed E-state index contributed by atoms with van der Waals surface area (Å²) in [6.07, 6.45) is 1.14. The highest BCUT2D eigenvalue weighted by molar-refractivity contribution is 6.31. The van der Waals surface area contributed by atoms with Gasteiger partial charge < -0.3 is 10.6 Å². The summed E-state index contributed by atoms with van der Waals surface area (Å²) in [5.41, 5.74) is 2.59. The zero-order valence-corrected chi connectivity index (χ0v) is 12.7. The van der Waals surface area contributed by atoms with Crippen LogP contribution in [0.2, 0.25) is 5.02 Å². The summed E-state index contributed by atoms with van der Waals surface area (Å²) in [6.45, 7) is 11.5. The van der Waals surface area contributed by atoms with E-state index >= 15 is 0 Å². The van der Waals surface area contributed by atoms with Gasteiger partial charge in [-0.1, -0.05) is 23.7 Å². The maximum absolute atomic E-state index is 6.09. The lowest BCUT2D eigenvalue weighted by Crippen LogP contribution is -2.37. The third-order valence-electron chi connectivity index (χ3n) is 2.75. The summed E-state index contributed by atoms with van der Waals surface area (Å²) in [4.78, 5) is 0. The van der Waals surface area contributed by atoms with Gasteiger partial charge in [0.15, 0.2) is 0 Å². The first kappa shape index (κ1) is 15.5. The fourth-order valence-electron chi connectivity index (χ4n) is 1.66. The van der Waals surface area contributed by atoms with Gasteiger partial charge in [-0.05, 0) is 64.4 Å². The van der Waals surface area contributed by atoms with Crippen molar-refractivity contribution in [3.63, 3.8) is 0 Å². The summed E-state index contributed by atoms with van der Waals surface area (Å²) in [5.74, 6) is 0. The molecule has 1 aromatic rings. The number of halogens is 1. The molecule has 0 aliphatic rings. The van der Waals surface area contributed by atoms with Crippen LogP contribution in [0.15, 0.2) is 18.2 Å². The summed E-state index contributed by atoms with van der Waals surface area (Å²) < 4.78 is 0. The lowest BCUT2D eigenvalue weighted by molar-refractivity contribution is 0.418. The van der Waals surface area contributed by atoms with Gasteiger partial charge in [-0.25, -0.2) is 0 Å². The average molecular weight is 269 g/mol. The van der Waals surface area contributed by atoms with Crippen LogP contribution in [0.3, 0.4) is 0 Å². The molecule has 0 fully saturated rings. The van der Waals surface area contributed by atoms with Crippen LogP contribution in [0, 0.1) is 6.92 Å². The number of benzene rings is 1. The fraction of sp³-hybridized carbons (Fsp3) is 0.600. The van der Waals surface area contributed by atoms with Crippen molar-refractivity contribution in [1.82, 2.24) is 10.6 Å². The van der Waals surface area contributed by atoms with Crippen LogP contribution in [0.1, 0.15) is 38.3 Å². The molecule has 102 valence electrons. The van der Waals surface area contributed by atoms with E-state index in [1.54, 1.807) is 0 Å². The van der Waals surface area contributed by atoms with E-state index in [0.29, 0.717) is 0 Å². The van der Waals surface area contributed by atoms with Crippen LogP contribution in [-0.4, -0.2) is 18.6 Å². The Bertz CT molecular complexity index is 369. The molecule has 1 aromatic carbocycles. The van der Waals surface area contributed by atoms with Crippen LogP contribution in [0.4, 0.5) is 0 Å². The summed E-state index contributed by atoms with van der Waals surface area (Å²) in [5, 5.41) is 7.76. The van der Waals surface area contributed by atoms with Gasteiger partial charge in [-0.15, -0.1) is 0 Å². The Morgan fingerprint density at radius 3 is 2.50 bits per heavy atom. The second kappa shape index (κ2) is 7.13. The van der Waals surface area contributed by atoms with Crippen molar-refractivity contribution in [2.45, 2.75) is 46.2 Å². The number of hydrogen-bond acceptors (Lipinski definition) is 2. The van der Waals surface area contributed by atoms with Gasteiger partial charge in [0.1, 0.15) is 0 Å². The quantitative estimate of drug-likeness (QED) is 0.772. The van der Waals surface area contributed by atoms with Crippen LogP contribution < -0.4 is 10.6 Å². The molecule has 2 N–H and O–H groups in total. The van der Waals surface area contributed by atoms with Gasteiger partial charge in [0.2, 0.25) is 0 Å². The molecule has 18 heavy (non-hydrogen) atoms. The zero-order valence-electron chi connectivity index (χ0n) is 11.9. The highest BCUT2D eigenvalue weighted by Gasteiger charge is 2.06. The van der Waals surface area contributed by atoms with E-state index in [-0.39, 0.29) is 5.54 Å². The molecule has 0 spiro atoms. The molecule has 0 unspecified atom stereocenters. The third kappa shape index (κ3) is 6.39. The van der Waals surface area contributed by atoms with E-state index in [2.05, 4.69) is 43.5 Å². The maximum atomic E-state index is 6.09. The van der Waals surface area contributed by atoms with Gasteiger partial charge in [-0.2, -0.15) is 0 Å². The van der Waals surface area contributed by atoms with E-state index in [1.807, 2.05) is 13.0 Å². The molecular formula is C15H25ClN2. The van der Waals surface area contributed by atoms with Crippen LogP contribution in [0.25, 0.3) is 0 Å². The number of rotatable bonds is 6. The predicted molar refractivity (Wildman–Crippen MR) is 80.3 cm³/mol. The molecule has 0 radical (unpaired) electrons. The normalized spacial score (nSPS) is 11.8. The van der Waals surface area contributed by atoms with Gasteiger partial charge >= 0.3 is 0 Å². The minimum absolute atomic E-state index is 0.213. The maximum Gasteiger partial charge on any atom is 0.0438 e. The van der Waals surface area contributed by atoms with E-state index in [9.17, 15) is 0 Å². The average Bonchev–Trinajstić information content (AvgIpc) is 2.26. The van der Waals surface area contributed by atoms with Gasteiger partial charge in [0.05, 0.1) is 0 Å². The molecule has 0 aromatic heterocycles. The first-order valence-corrected chi connectivity index (χ1v) is 6.97. The summed E-state index contributed by atoms with van der Waals surface area (Å²) in [7, 11) is 0. The Hall–Kier alpha value is -0.570. The van der Waals surface area contributed by atoms with Crippen molar-refractivity contribution in [3.8, 4) is 0 Å². The number of nitrogens with one attached hydrogen (secondary N) is 2. The predicted octanol–water partition coefficient (Wildman–Crippen LogP) is 3.52. The van der Waals surface area contributed by atoms with Crippen LogP contribution in [-0.2, 0) is 6.54 Å². The molecular weight excluding hydrogens is 244 g/mol. The van der Waals surface area contributed by atoms with Crippen molar-refractivity contribution in [1.29, 1.82) is 0 Å². The highest BCUT2D eigenvalue weighted by atomic mass is 35.5. The lowest BCUT2D eigenvalue weighted by atomic mass is 10.1. The Balaban J connectivity index is 2.16. The Labute approximate surface area is 116 Å². The minimum Gasteiger partial charge on any atom is -0.313 e. The SMILES string of the molecule is Cc1ccc(CNCCCNC(C)(C)C)cc1Cl. The van der Waals surface area contributed by atoms with Crippen molar-refractivity contribution in [3.05, 3.63) is 34.3 Å². The van der Waals surface area contributed by atoms with E-state index in [1.165, 1.54) is 5.56 Å². The van der Waals surface area contributed by atoms with Crippen LogP contribution >= 0.6 is 11.6 Å². The number of hydrogen-bond donors (Lipinski definition) is 2. The van der Waals surface area contributed by atoms with Gasteiger partial charge in [-0.3, -0.25) is 0 Å². The van der Waals surface area contributed by atoms with E-state index in [0.717, 1.165) is 36.6 Å². The highest BCUT2D eigenvalue weighted by Crippen LogP contribution is 2.16. The van der Waals surface area contributed by atoms with Crippen molar-refractivity contribution >= 4 is 11.6 Å². The molecule has 0 bridgehead atoms. The van der Waals surface area contributed by atoms with Crippen molar-refractivity contribution < 1.29 is 0 Å². The van der Waals surface area contributed by atoms with E-state index < -0.39 is 0 Å². The molecule has 0 saturated heterocycles. The van der Waals surface area contributed by atoms with E-state index in [4.69, 9.17) is 11.6 Å². The lowest BCUT2D eigenvalue weighted by Gasteiger charge is -2.20. The molecule has 0 amide bonds. The molecule has 0 heterocycles. The Morgan fingerprint density at radius 2 is 1.89 bits per heavy atom. The standard InChI is InChI=1S/C15H25ClN2/c1-12-6-7-13(10-14(12)16)11-17-8-5-9-18-15(2,3)4/h6-7,10,17-18H,5,8-9,11H2,1-4H3. The summed E-state index contributed by atoms with van der Waals surface area (Å²) in [6, 6.07) is 6.24. The second-order valence-electron chi connectivity index (χ2n) is 5.79. The van der Waals surface area contributed by atoms with Crippen molar-refractivity contribution in [2.24, 2.45) is 0 Å². The van der Waals surface area contributed by atoms with Crippen LogP contribution in [0.5, 0.6) is 0 Å². The fourth-order valence-corrected chi connectivity index (χ4v) is 1.86. The molecule has 0 saturated carbocycles. The summed E-state index contributed by atoms with van der Waals surface area (Å²) >= 11 is 6.09. The topological polar surface area (TPSA) is 24.1 Å². The van der Waals surface area contributed by atoms with Crippen molar-refractivity contribution in [2.75, 3.05) is 13.1 Å². The first-order chi connectivity index (χ1) is 8.38. The minimum atomic E-state index is 0.213. The monoisotopic (exact) mass is 268 g/mol. The second-order valence-corrected chi connectivity index (χ2v) is 6.20. The molecule has 3 heteroatoms. The Kier molecular flexibility index (Phi) is 6.13. The van der Waals surface area contributed by atoms with Gasteiger partial charge in [0.25, 0.3) is 0 Å². The zero-order chi connectivity index (χ0) is 13.6. The molecule has 1 rings (SSSR count). The smallest absolute Gasteiger partial charge is 0.0438 e. The number of aryl methyl sites for hydroxylation is 1. The first-order valence-electron chi connectivity index (χ1n) is 6.59. The third-order valence-corrected chi connectivity index (χ3v) is 3.16. The Morgan fingerprint density at radius 1 is 1.17 bits per heavy atom. The molecule has 0 aliphatic carbocycles. The molecule has 0 atom stereocenters. The molecule has 2 nitrogen and oxygen atoms in total. The molecule has 0 aliphatic heterocycles. The van der Waals surface area contributed by atoms with Gasteiger partial charge in [0, 0.05) is 17.1 Å².